The summed E-state index contributed by atoms with van der Waals surface area (Å²) in [4.78, 5) is 36.9. The van der Waals surface area contributed by atoms with Crippen molar-refractivity contribution in [2.75, 3.05) is 5.32 Å². The number of imidazole rings is 1. The highest BCUT2D eigenvalue weighted by molar-refractivity contribution is 5.75. The lowest BCUT2D eigenvalue weighted by Crippen LogP contribution is -2.03. The maximum Gasteiger partial charge on any atom is 0.323 e. The largest absolute Gasteiger partial charge is 0.375 e. The number of fused-ring (bicyclic) bond motifs is 1. The third kappa shape index (κ3) is 2.92. The molecule has 0 amide bonds. The van der Waals surface area contributed by atoms with E-state index >= 15 is 0 Å². The molecule has 3 aromatic rings. The molecule has 0 bridgehead atoms. The van der Waals surface area contributed by atoms with Crippen LogP contribution in [-0.2, 0) is 6.54 Å². The number of nitrogens with one attached hydrogen (secondary N) is 3. The molecule has 0 spiro atoms. The van der Waals surface area contributed by atoms with E-state index in [1.165, 1.54) is 12.1 Å². The third-order valence-electron chi connectivity index (χ3n) is 3.45. The minimum Gasteiger partial charge on any atom is -0.375 e. The molecule has 0 atom stereocenters. The molecule has 0 radical (unpaired) electrons. The number of anilines is 1. The lowest BCUT2D eigenvalue weighted by molar-refractivity contribution is -0.393. The van der Waals surface area contributed by atoms with E-state index in [0.29, 0.717) is 11.0 Å². The SMILES string of the molecule is O=c1[nH]c2ccc(CNc3ccc([N+](=O)[O-])cc3[N+](=O)[O-])cc2[nH]1. The lowest BCUT2D eigenvalue weighted by Gasteiger charge is -2.07. The molecule has 0 aliphatic heterocycles. The molecule has 1 aromatic heterocycles. The molecule has 24 heavy (non-hydrogen) atoms. The summed E-state index contributed by atoms with van der Waals surface area (Å²) in [7, 11) is 0. The van der Waals surface area contributed by atoms with Crippen molar-refractivity contribution in [2.45, 2.75) is 6.54 Å². The van der Waals surface area contributed by atoms with Crippen LogP contribution in [0, 0.1) is 20.2 Å². The van der Waals surface area contributed by atoms with E-state index in [9.17, 15) is 25.0 Å². The van der Waals surface area contributed by atoms with E-state index < -0.39 is 9.85 Å². The fraction of sp³-hybridized carbons (Fsp3) is 0.0714. The number of benzene rings is 2. The van der Waals surface area contributed by atoms with E-state index in [2.05, 4.69) is 15.3 Å². The van der Waals surface area contributed by atoms with Gasteiger partial charge in [-0.3, -0.25) is 20.2 Å². The Hall–Kier alpha value is -3.69. The van der Waals surface area contributed by atoms with Crippen molar-refractivity contribution in [3.63, 3.8) is 0 Å². The maximum atomic E-state index is 11.2. The van der Waals surface area contributed by atoms with Gasteiger partial charge in [-0.05, 0) is 23.8 Å². The number of non-ortho nitro benzene ring substituents is 1. The normalized spacial score (nSPS) is 10.7. The Kier molecular flexibility index (Phi) is 3.70. The van der Waals surface area contributed by atoms with Gasteiger partial charge in [-0.25, -0.2) is 4.79 Å². The fourth-order valence-corrected chi connectivity index (χ4v) is 2.32. The molecule has 0 aliphatic rings. The van der Waals surface area contributed by atoms with Crippen molar-refractivity contribution in [3.05, 3.63) is 72.7 Å². The molecule has 0 saturated carbocycles. The van der Waals surface area contributed by atoms with Gasteiger partial charge in [0.2, 0.25) is 0 Å². The van der Waals surface area contributed by atoms with E-state index in [4.69, 9.17) is 0 Å². The molecule has 0 aliphatic carbocycles. The van der Waals surface area contributed by atoms with Crippen LogP contribution in [-0.4, -0.2) is 19.8 Å². The van der Waals surface area contributed by atoms with Crippen molar-refractivity contribution in [1.82, 2.24) is 9.97 Å². The quantitative estimate of drug-likeness (QED) is 0.483. The Morgan fingerprint density at radius 2 is 1.71 bits per heavy atom. The van der Waals surface area contributed by atoms with Gasteiger partial charge in [0.15, 0.2) is 0 Å². The van der Waals surface area contributed by atoms with E-state index in [0.717, 1.165) is 11.6 Å². The van der Waals surface area contributed by atoms with Crippen LogP contribution in [0.4, 0.5) is 17.1 Å². The summed E-state index contributed by atoms with van der Waals surface area (Å²) in [6, 6.07) is 8.62. The highest BCUT2D eigenvalue weighted by Gasteiger charge is 2.19. The van der Waals surface area contributed by atoms with Crippen molar-refractivity contribution >= 4 is 28.1 Å². The number of rotatable bonds is 5. The van der Waals surface area contributed by atoms with Gasteiger partial charge in [0.1, 0.15) is 5.69 Å². The molecule has 0 unspecified atom stereocenters. The van der Waals surface area contributed by atoms with Crippen molar-refractivity contribution in [1.29, 1.82) is 0 Å². The van der Waals surface area contributed by atoms with Crippen LogP contribution >= 0.6 is 0 Å². The standard InChI is InChI=1S/C14H11N5O5/c20-14-16-10-3-1-8(5-12(10)17-14)7-15-11-4-2-9(18(21)22)6-13(11)19(23)24/h1-6,15H,7H2,(H2,16,17,20). The summed E-state index contributed by atoms with van der Waals surface area (Å²) in [6.45, 7) is 0.252. The van der Waals surface area contributed by atoms with Gasteiger partial charge < -0.3 is 15.3 Å². The number of aromatic nitrogens is 2. The second-order valence-corrected chi connectivity index (χ2v) is 5.03. The number of nitro benzene ring substituents is 2. The van der Waals surface area contributed by atoms with Crippen molar-refractivity contribution in [3.8, 4) is 0 Å². The summed E-state index contributed by atoms with van der Waals surface area (Å²) >= 11 is 0. The second kappa shape index (κ2) is 5.83. The second-order valence-electron chi connectivity index (χ2n) is 5.03. The topological polar surface area (TPSA) is 147 Å². The van der Waals surface area contributed by atoms with Crippen LogP contribution in [0.1, 0.15) is 5.56 Å². The fourth-order valence-electron chi connectivity index (χ4n) is 2.32. The van der Waals surface area contributed by atoms with Crippen LogP contribution in [0.3, 0.4) is 0 Å². The molecular formula is C14H11N5O5. The average molecular weight is 329 g/mol. The molecule has 0 fully saturated rings. The first-order chi connectivity index (χ1) is 11.4. The first-order valence-corrected chi connectivity index (χ1v) is 6.81. The van der Waals surface area contributed by atoms with Crippen LogP contribution < -0.4 is 11.0 Å². The predicted octanol–water partition coefficient (Wildman–Crippen LogP) is 2.28. The van der Waals surface area contributed by atoms with Crippen LogP contribution in [0.25, 0.3) is 11.0 Å². The summed E-state index contributed by atoms with van der Waals surface area (Å²) in [5.74, 6) is 0. The number of nitrogens with zero attached hydrogens (tertiary/aromatic N) is 2. The molecule has 10 nitrogen and oxygen atoms in total. The molecule has 122 valence electrons. The third-order valence-corrected chi connectivity index (χ3v) is 3.45. The average Bonchev–Trinajstić information content (AvgIpc) is 2.91. The molecule has 0 saturated heterocycles. The van der Waals surface area contributed by atoms with Crippen LogP contribution in [0.15, 0.2) is 41.2 Å². The molecule has 2 aromatic carbocycles. The van der Waals surface area contributed by atoms with Gasteiger partial charge >= 0.3 is 5.69 Å². The van der Waals surface area contributed by atoms with Crippen molar-refractivity contribution in [2.24, 2.45) is 0 Å². The molecule has 3 rings (SSSR count). The van der Waals surface area contributed by atoms with Crippen LogP contribution in [0.5, 0.6) is 0 Å². The molecule has 10 heteroatoms. The number of hydrogen-bond donors (Lipinski definition) is 3. The van der Waals surface area contributed by atoms with Crippen LogP contribution in [0.2, 0.25) is 0 Å². The van der Waals surface area contributed by atoms with E-state index in [-0.39, 0.29) is 29.3 Å². The van der Waals surface area contributed by atoms with E-state index in [1.54, 1.807) is 18.2 Å². The Labute approximate surface area is 133 Å². The first-order valence-electron chi connectivity index (χ1n) is 6.81. The van der Waals surface area contributed by atoms with Gasteiger partial charge in [0.25, 0.3) is 11.4 Å². The highest BCUT2D eigenvalue weighted by atomic mass is 16.6. The van der Waals surface area contributed by atoms with Gasteiger partial charge in [0.05, 0.1) is 26.9 Å². The minimum atomic E-state index is -0.688. The summed E-state index contributed by atoms with van der Waals surface area (Å²) in [5, 5.41) is 24.7. The van der Waals surface area contributed by atoms with Gasteiger partial charge in [-0.1, -0.05) is 6.07 Å². The lowest BCUT2D eigenvalue weighted by atomic mass is 10.2. The molecule has 1 heterocycles. The Balaban J connectivity index is 1.85. The van der Waals surface area contributed by atoms with Crippen molar-refractivity contribution < 1.29 is 9.85 Å². The Bertz CT molecular complexity index is 1010. The highest BCUT2D eigenvalue weighted by Crippen LogP contribution is 2.29. The monoisotopic (exact) mass is 329 g/mol. The van der Waals surface area contributed by atoms with Gasteiger partial charge in [-0.15, -0.1) is 0 Å². The maximum absolute atomic E-state index is 11.2. The summed E-state index contributed by atoms with van der Waals surface area (Å²) in [5.41, 5.74) is 1.20. The number of H-pyrrole nitrogens is 2. The molecular weight excluding hydrogens is 318 g/mol. The Morgan fingerprint density at radius 3 is 2.42 bits per heavy atom. The zero-order valence-corrected chi connectivity index (χ0v) is 12.1. The summed E-state index contributed by atoms with van der Waals surface area (Å²) in [6.07, 6.45) is 0. The number of aromatic amines is 2. The first kappa shape index (κ1) is 15.2. The predicted molar refractivity (Wildman–Crippen MR) is 86.0 cm³/mol. The van der Waals surface area contributed by atoms with Gasteiger partial charge in [0, 0.05) is 12.6 Å². The van der Waals surface area contributed by atoms with Gasteiger partial charge in [-0.2, -0.15) is 0 Å². The zero-order valence-electron chi connectivity index (χ0n) is 12.1. The van der Waals surface area contributed by atoms with E-state index in [1.807, 2.05) is 0 Å². The number of hydrogen-bond acceptors (Lipinski definition) is 6. The Morgan fingerprint density at radius 1 is 0.958 bits per heavy atom. The minimum absolute atomic E-state index is 0.174. The molecule has 3 N–H and O–H groups in total. The zero-order chi connectivity index (χ0) is 17.3. The summed E-state index contributed by atoms with van der Waals surface area (Å²) < 4.78 is 0. The smallest absolute Gasteiger partial charge is 0.323 e. The number of nitro groups is 2.